The van der Waals surface area contributed by atoms with Gasteiger partial charge in [0.25, 0.3) is 5.56 Å². The van der Waals surface area contributed by atoms with Gasteiger partial charge in [-0.2, -0.15) is 5.10 Å². The predicted molar refractivity (Wildman–Crippen MR) is 60.2 cm³/mol. The third kappa shape index (κ3) is 2.28. The number of nitrogens with zero attached hydrogens (tertiary/aromatic N) is 2. The highest BCUT2D eigenvalue weighted by atomic mass is 16.1. The van der Waals surface area contributed by atoms with Crippen LogP contribution in [0, 0.1) is 6.92 Å². The lowest BCUT2D eigenvalue weighted by molar-refractivity contribution is 0.865. The van der Waals surface area contributed by atoms with E-state index in [1.54, 1.807) is 19.3 Å². The fourth-order valence-corrected chi connectivity index (χ4v) is 1.46. The Labute approximate surface area is 92.1 Å². The van der Waals surface area contributed by atoms with Crippen LogP contribution in [0.3, 0.4) is 0 Å². The fraction of sp³-hybridized carbons (Fsp3) is 0.300. The van der Waals surface area contributed by atoms with Crippen molar-refractivity contribution >= 4 is 5.82 Å². The zero-order valence-corrected chi connectivity index (χ0v) is 9.11. The molecule has 1 atom stereocenters. The predicted octanol–water partition coefficient (Wildman–Crippen LogP) is 0.975. The highest BCUT2D eigenvalue weighted by Crippen LogP contribution is 2.14. The Morgan fingerprint density at radius 2 is 2.31 bits per heavy atom. The number of hydrogen-bond acceptors (Lipinski definition) is 4. The summed E-state index contributed by atoms with van der Waals surface area (Å²) >= 11 is 0. The number of anilines is 1. The van der Waals surface area contributed by atoms with Crippen molar-refractivity contribution in [3.63, 3.8) is 0 Å². The van der Waals surface area contributed by atoms with Crippen molar-refractivity contribution in [3.8, 4) is 0 Å². The molecule has 0 saturated carbocycles. The molecule has 0 aliphatic rings. The quantitative estimate of drug-likeness (QED) is 0.718. The first-order valence-electron chi connectivity index (χ1n) is 4.98. The van der Waals surface area contributed by atoms with Gasteiger partial charge in [0.2, 0.25) is 0 Å². The molecule has 2 aromatic heterocycles. The van der Waals surface area contributed by atoms with Crippen molar-refractivity contribution in [2.45, 2.75) is 19.9 Å². The van der Waals surface area contributed by atoms with E-state index in [4.69, 9.17) is 0 Å². The molecule has 0 bridgehead atoms. The van der Waals surface area contributed by atoms with Crippen LogP contribution in [0.2, 0.25) is 0 Å². The van der Waals surface area contributed by atoms with Crippen LogP contribution in [0.5, 0.6) is 0 Å². The van der Waals surface area contributed by atoms with Gasteiger partial charge in [-0.15, -0.1) is 0 Å². The number of rotatable bonds is 3. The minimum Gasteiger partial charge on any atom is -0.363 e. The molecule has 0 saturated heterocycles. The van der Waals surface area contributed by atoms with Gasteiger partial charge >= 0.3 is 0 Å². The summed E-state index contributed by atoms with van der Waals surface area (Å²) in [7, 11) is 0. The van der Waals surface area contributed by atoms with E-state index < -0.39 is 0 Å². The minimum absolute atomic E-state index is 0.0486. The van der Waals surface area contributed by atoms with E-state index in [0.717, 1.165) is 5.56 Å². The number of aromatic amines is 2. The van der Waals surface area contributed by atoms with Crippen LogP contribution in [0.1, 0.15) is 24.4 Å². The lowest BCUT2D eigenvalue weighted by Crippen LogP contribution is -2.14. The molecule has 0 aliphatic carbocycles. The first-order valence-corrected chi connectivity index (χ1v) is 4.98. The highest BCUT2D eigenvalue weighted by Gasteiger charge is 2.07. The second kappa shape index (κ2) is 4.18. The Bertz CT molecular complexity index is 516. The maximum atomic E-state index is 11.2. The van der Waals surface area contributed by atoms with E-state index >= 15 is 0 Å². The summed E-state index contributed by atoms with van der Waals surface area (Å²) in [6, 6.07) is 1.48. The first-order chi connectivity index (χ1) is 7.65. The molecular weight excluding hydrogens is 206 g/mol. The Morgan fingerprint density at radius 1 is 1.50 bits per heavy atom. The standard InChI is InChI=1S/C10H13N5O/c1-6(8-4-11-12-5-8)13-9-3-10(16)15-7(2)14-9/h3-6H,1-2H3,(H,11,12)(H2,13,14,15,16). The van der Waals surface area contributed by atoms with Crippen LogP contribution in [0.15, 0.2) is 23.3 Å². The summed E-state index contributed by atoms with van der Waals surface area (Å²) in [6.07, 6.45) is 3.54. The van der Waals surface area contributed by atoms with Crippen molar-refractivity contribution in [1.82, 2.24) is 20.2 Å². The second-order valence-corrected chi connectivity index (χ2v) is 3.61. The van der Waals surface area contributed by atoms with Crippen molar-refractivity contribution in [2.75, 3.05) is 5.32 Å². The molecule has 0 amide bonds. The van der Waals surface area contributed by atoms with E-state index in [0.29, 0.717) is 11.6 Å². The molecule has 2 rings (SSSR count). The molecule has 2 heterocycles. The molecule has 3 N–H and O–H groups in total. The van der Waals surface area contributed by atoms with Gasteiger partial charge in [0.1, 0.15) is 11.6 Å². The molecule has 16 heavy (non-hydrogen) atoms. The number of H-pyrrole nitrogens is 2. The van der Waals surface area contributed by atoms with Gasteiger partial charge in [-0.25, -0.2) is 4.98 Å². The van der Waals surface area contributed by atoms with Crippen LogP contribution >= 0.6 is 0 Å². The molecule has 1 unspecified atom stereocenters. The van der Waals surface area contributed by atoms with E-state index in [1.165, 1.54) is 6.07 Å². The van der Waals surface area contributed by atoms with Crippen molar-refractivity contribution in [3.05, 3.63) is 40.2 Å². The van der Waals surface area contributed by atoms with E-state index in [1.807, 2.05) is 6.92 Å². The van der Waals surface area contributed by atoms with Gasteiger partial charge in [-0.05, 0) is 13.8 Å². The topological polar surface area (TPSA) is 86.5 Å². The molecule has 2 aromatic rings. The van der Waals surface area contributed by atoms with Crippen LogP contribution in [-0.2, 0) is 0 Å². The van der Waals surface area contributed by atoms with Gasteiger partial charge in [0.05, 0.1) is 12.2 Å². The third-order valence-corrected chi connectivity index (χ3v) is 2.24. The normalized spacial score (nSPS) is 12.4. The molecule has 6 heteroatoms. The van der Waals surface area contributed by atoms with Gasteiger partial charge in [-0.1, -0.05) is 0 Å². The van der Waals surface area contributed by atoms with Crippen molar-refractivity contribution in [2.24, 2.45) is 0 Å². The van der Waals surface area contributed by atoms with Gasteiger partial charge in [0.15, 0.2) is 0 Å². The number of aryl methyl sites for hydroxylation is 1. The van der Waals surface area contributed by atoms with Gasteiger partial charge < -0.3 is 10.3 Å². The monoisotopic (exact) mass is 219 g/mol. The smallest absolute Gasteiger partial charge is 0.252 e. The average molecular weight is 219 g/mol. The maximum absolute atomic E-state index is 11.2. The largest absolute Gasteiger partial charge is 0.363 e. The van der Waals surface area contributed by atoms with Crippen LogP contribution in [0.25, 0.3) is 0 Å². The number of nitrogens with one attached hydrogen (secondary N) is 3. The summed E-state index contributed by atoms with van der Waals surface area (Å²) in [5.41, 5.74) is 0.856. The highest BCUT2D eigenvalue weighted by molar-refractivity contribution is 5.36. The van der Waals surface area contributed by atoms with Gasteiger partial charge in [0, 0.05) is 17.8 Å². The van der Waals surface area contributed by atoms with Crippen LogP contribution in [-0.4, -0.2) is 20.2 Å². The van der Waals surface area contributed by atoms with Crippen molar-refractivity contribution < 1.29 is 0 Å². The second-order valence-electron chi connectivity index (χ2n) is 3.61. The van der Waals surface area contributed by atoms with Crippen LogP contribution in [0.4, 0.5) is 5.82 Å². The SMILES string of the molecule is Cc1nc(NC(C)c2cn[nH]c2)cc(=O)[nH]1. The zero-order valence-electron chi connectivity index (χ0n) is 9.11. The summed E-state index contributed by atoms with van der Waals surface area (Å²) in [4.78, 5) is 18.0. The zero-order chi connectivity index (χ0) is 11.5. The molecule has 0 spiro atoms. The molecule has 0 aromatic carbocycles. The lowest BCUT2D eigenvalue weighted by atomic mass is 10.2. The number of hydrogen-bond donors (Lipinski definition) is 3. The minimum atomic E-state index is -0.158. The molecule has 6 nitrogen and oxygen atoms in total. The summed E-state index contributed by atoms with van der Waals surface area (Å²) in [5.74, 6) is 1.16. The molecule has 0 aliphatic heterocycles. The Balaban J connectivity index is 2.18. The van der Waals surface area contributed by atoms with E-state index in [9.17, 15) is 4.79 Å². The summed E-state index contributed by atoms with van der Waals surface area (Å²) < 4.78 is 0. The Kier molecular flexibility index (Phi) is 2.72. The Hall–Kier alpha value is -2.11. The average Bonchev–Trinajstić information content (AvgIpc) is 2.68. The fourth-order valence-electron chi connectivity index (χ4n) is 1.46. The first kappa shape index (κ1) is 10.4. The summed E-state index contributed by atoms with van der Waals surface area (Å²) in [6.45, 7) is 3.72. The van der Waals surface area contributed by atoms with E-state index in [-0.39, 0.29) is 11.6 Å². The lowest BCUT2D eigenvalue weighted by Gasteiger charge is -2.12. The molecular formula is C10H13N5O. The summed E-state index contributed by atoms with van der Waals surface area (Å²) in [5, 5.41) is 9.74. The Morgan fingerprint density at radius 3 is 2.94 bits per heavy atom. The molecule has 0 radical (unpaired) electrons. The van der Waals surface area contributed by atoms with Crippen molar-refractivity contribution in [1.29, 1.82) is 0 Å². The maximum Gasteiger partial charge on any atom is 0.252 e. The molecule has 84 valence electrons. The number of aromatic nitrogens is 4. The van der Waals surface area contributed by atoms with E-state index in [2.05, 4.69) is 25.5 Å². The van der Waals surface area contributed by atoms with Gasteiger partial charge in [-0.3, -0.25) is 9.89 Å². The third-order valence-electron chi connectivity index (χ3n) is 2.24. The molecule has 0 fully saturated rings. The van der Waals surface area contributed by atoms with Crippen LogP contribution < -0.4 is 10.9 Å².